The van der Waals surface area contributed by atoms with Gasteiger partial charge in [-0.25, -0.2) is 9.11 Å². The smallest absolute Gasteiger partial charge is 0.304 e. The van der Waals surface area contributed by atoms with Gasteiger partial charge in [-0.1, -0.05) is 11.6 Å². The van der Waals surface area contributed by atoms with Crippen molar-refractivity contribution in [2.45, 2.75) is 57.3 Å². The van der Waals surface area contributed by atoms with Gasteiger partial charge in [0.2, 0.25) is 0 Å². The van der Waals surface area contributed by atoms with Crippen LogP contribution >= 0.6 is 0 Å². The van der Waals surface area contributed by atoms with Crippen molar-refractivity contribution in [2.24, 2.45) is 11.8 Å². The first kappa shape index (κ1) is 20.9. The molecule has 3 fully saturated rings. The van der Waals surface area contributed by atoms with Gasteiger partial charge >= 0.3 is 10.2 Å². The standard InChI is InChI=1S/C23H29FN2O4S/c24-21-13-22(30-14-15-2-4-16(5-3-15)17-6-7-17)19(18-8-9-18)12-20(21)23(27)25-31(28,29)26-10-1-11-26/h4,12-13,15,17-18H,1-3,5-11,14H2,(H,25,27). The number of hydrogen-bond donors (Lipinski definition) is 1. The zero-order valence-electron chi connectivity index (χ0n) is 17.6. The molecule has 3 aliphatic carbocycles. The maximum absolute atomic E-state index is 14.8. The highest BCUT2D eigenvalue weighted by Gasteiger charge is 2.33. The highest BCUT2D eigenvalue weighted by Crippen LogP contribution is 2.46. The fourth-order valence-electron chi connectivity index (χ4n) is 4.44. The molecule has 8 heteroatoms. The van der Waals surface area contributed by atoms with Gasteiger partial charge < -0.3 is 4.74 Å². The van der Waals surface area contributed by atoms with Crippen molar-refractivity contribution in [3.63, 3.8) is 0 Å². The highest BCUT2D eigenvalue weighted by atomic mass is 32.2. The van der Waals surface area contributed by atoms with Crippen LogP contribution in [0.25, 0.3) is 0 Å². The molecule has 0 bridgehead atoms. The summed E-state index contributed by atoms with van der Waals surface area (Å²) in [4.78, 5) is 12.5. The van der Waals surface area contributed by atoms with E-state index in [-0.39, 0.29) is 11.5 Å². The van der Waals surface area contributed by atoms with Crippen LogP contribution in [0, 0.1) is 17.7 Å². The van der Waals surface area contributed by atoms with Crippen LogP contribution < -0.4 is 9.46 Å². The summed E-state index contributed by atoms with van der Waals surface area (Å²) in [5.74, 6) is 0.280. The molecule has 1 unspecified atom stereocenters. The molecule has 5 rings (SSSR count). The van der Waals surface area contributed by atoms with Gasteiger partial charge in [-0.2, -0.15) is 12.7 Å². The monoisotopic (exact) mass is 448 g/mol. The zero-order valence-corrected chi connectivity index (χ0v) is 18.4. The van der Waals surface area contributed by atoms with Crippen LogP contribution in [0.1, 0.15) is 73.2 Å². The van der Waals surface area contributed by atoms with Crippen LogP contribution in [0.2, 0.25) is 0 Å². The Morgan fingerprint density at radius 2 is 1.87 bits per heavy atom. The summed E-state index contributed by atoms with van der Waals surface area (Å²) in [6.45, 7) is 1.29. The van der Waals surface area contributed by atoms with E-state index in [4.69, 9.17) is 4.74 Å². The summed E-state index contributed by atoms with van der Waals surface area (Å²) in [6, 6.07) is 2.74. The van der Waals surface area contributed by atoms with Gasteiger partial charge in [-0.3, -0.25) is 4.79 Å². The van der Waals surface area contributed by atoms with E-state index in [2.05, 4.69) is 6.08 Å². The molecule has 1 heterocycles. The normalized spacial score (nSPS) is 24.3. The molecule has 1 amide bonds. The van der Waals surface area contributed by atoms with Crippen LogP contribution in [-0.2, 0) is 10.2 Å². The molecule has 1 N–H and O–H groups in total. The molecule has 2 saturated carbocycles. The summed E-state index contributed by atoms with van der Waals surface area (Å²) in [6.07, 6.45) is 10.9. The van der Waals surface area contributed by atoms with Crippen molar-refractivity contribution < 1.29 is 22.3 Å². The fourth-order valence-corrected chi connectivity index (χ4v) is 5.65. The Hall–Kier alpha value is -1.93. The van der Waals surface area contributed by atoms with E-state index in [0.717, 1.165) is 50.0 Å². The summed E-state index contributed by atoms with van der Waals surface area (Å²) in [5.41, 5.74) is 2.16. The second-order valence-corrected chi connectivity index (χ2v) is 11.0. The van der Waals surface area contributed by atoms with Gasteiger partial charge in [-0.15, -0.1) is 0 Å². The molecular formula is C23H29FN2O4S. The molecule has 0 aromatic heterocycles. The maximum atomic E-state index is 14.8. The second-order valence-electron chi connectivity index (χ2n) is 9.34. The summed E-state index contributed by atoms with van der Waals surface area (Å²) in [7, 11) is -3.92. The third-order valence-corrected chi connectivity index (χ3v) is 8.36. The van der Waals surface area contributed by atoms with Crippen molar-refractivity contribution in [1.82, 2.24) is 9.03 Å². The second kappa shape index (κ2) is 8.20. The Bertz CT molecular complexity index is 1010. The van der Waals surface area contributed by atoms with E-state index in [1.807, 2.05) is 4.72 Å². The van der Waals surface area contributed by atoms with Crippen LogP contribution in [0.15, 0.2) is 23.8 Å². The number of nitrogens with one attached hydrogen (secondary N) is 1. The lowest BCUT2D eigenvalue weighted by atomic mass is 9.88. The Balaban J connectivity index is 1.27. The van der Waals surface area contributed by atoms with Gasteiger partial charge in [0.15, 0.2) is 0 Å². The number of halogens is 1. The van der Waals surface area contributed by atoms with E-state index in [9.17, 15) is 17.6 Å². The Labute approximate surface area is 183 Å². The van der Waals surface area contributed by atoms with Crippen LogP contribution in [0.5, 0.6) is 5.75 Å². The Kier molecular flexibility index (Phi) is 5.54. The first-order valence-corrected chi connectivity index (χ1v) is 12.8. The predicted molar refractivity (Wildman–Crippen MR) is 115 cm³/mol. The average molecular weight is 449 g/mol. The third kappa shape index (κ3) is 4.65. The predicted octanol–water partition coefficient (Wildman–Crippen LogP) is 3.90. The Morgan fingerprint density at radius 3 is 2.45 bits per heavy atom. The molecule has 1 aromatic carbocycles. The van der Waals surface area contributed by atoms with E-state index in [1.54, 1.807) is 5.57 Å². The number of carbonyl (C=O) groups excluding carboxylic acids is 1. The number of hydrogen-bond acceptors (Lipinski definition) is 4. The summed E-state index contributed by atoms with van der Waals surface area (Å²) in [5, 5.41) is 0. The van der Waals surface area contributed by atoms with Crippen LogP contribution in [0.3, 0.4) is 0 Å². The number of rotatable bonds is 8. The molecular weight excluding hydrogens is 419 g/mol. The molecule has 0 radical (unpaired) electrons. The minimum absolute atomic E-state index is 0.238. The largest absolute Gasteiger partial charge is 0.493 e. The van der Waals surface area contributed by atoms with Crippen molar-refractivity contribution in [3.05, 3.63) is 40.7 Å². The molecule has 6 nitrogen and oxygen atoms in total. The molecule has 4 aliphatic rings. The van der Waals surface area contributed by atoms with Crippen LogP contribution in [-0.4, -0.2) is 38.3 Å². The number of ether oxygens (including phenoxy) is 1. The number of allylic oxidation sites excluding steroid dienone is 2. The Morgan fingerprint density at radius 1 is 1.13 bits per heavy atom. The minimum Gasteiger partial charge on any atom is -0.493 e. The van der Waals surface area contributed by atoms with Crippen molar-refractivity contribution >= 4 is 16.1 Å². The molecule has 31 heavy (non-hydrogen) atoms. The fraction of sp³-hybridized carbons (Fsp3) is 0.609. The van der Waals surface area contributed by atoms with E-state index >= 15 is 0 Å². The lowest BCUT2D eigenvalue weighted by Crippen LogP contribution is -2.49. The van der Waals surface area contributed by atoms with Crippen LogP contribution in [0.4, 0.5) is 4.39 Å². The van der Waals surface area contributed by atoms with E-state index < -0.39 is 21.9 Å². The SMILES string of the molecule is O=C(NS(=O)(=O)N1CCC1)c1cc(C2CC2)c(OCC2CC=C(C3CC3)CC2)cc1F. The van der Waals surface area contributed by atoms with Gasteiger partial charge in [0.25, 0.3) is 5.91 Å². The molecule has 0 spiro atoms. The zero-order chi connectivity index (χ0) is 21.6. The van der Waals surface area contributed by atoms with E-state index in [1.165, 1.54) is 29.3 Å². The maximum Gasteiger partial charge on any atom is 0.304 e. The number of carbonyl (C=O) groups is 1. The van der Waals surface area contributed by atoms with E-state index in [0.29, 0.717) is 31.4 Å². The molecule has 1 aliphatic heterocycles. The molecule has 1 saturated heterocycles. The average Bonchev–Trinajstić information content (AvgIpc) is 3.58. The number of amides is 1. The first-order valence-electron chi connectivity index (χ1n) is 11.4. The number of nitrogens with zero attached hydrogens (tertiary/aromatic N) is 1. The van der Waals surface area contributed by atoms with Crippen molar-refractivity contribution in [1.29, 1.82) is 0 Å². The first-order chi connectivity index (χ1) is 14.9. The van der Waals surface area contributed by atoms with Gasteiger partial charge in [0, 0.05) is 19.2 Å². The summed E-state index contributed by atoms with van der Waals surface area (Å²) >= 11 is 0. The molecule has 1 atom stereocenters. The summed E-state index contributed by atoms with van der Waals surface area (Å²) < 4.78 is 48.4. The highest BCUT2D eigenvalue weighted by molar-refractivity contribution is 7.87. The van der Waals surface area contributed by atoms with Crippen molar-refractivity contribution in [3.8, 4) is 5.75 Å². The molecule has 1 aromatic rings. The lowest BCUT2D eigenvalue weighted by Gasteiger charge is -2.29. The minimum atomic E-state index is -3.92. The lowest BCUT2D eigenvalue weighted by molar-refractivity contribution is 0.0973. The molecule has 168 valence electrons. The quantitative estimate of drug-likeness (QED) is 0.612. The van der Waals surface area contributed by atoms with Gasteiger partial charge in [0.1, 0.15) is 11.6 Å². The van der Waals surface area contributed by atoms with Gasteiger partial charge in [-0.05, 0) is 80.8 Å². The van der Waals surface area contributed by atoms with Gasteiger partial charge in [0.05, 0.1) is 12.2 Å². The third-order valence-electron chi connectivity index (χ3n) is 6.87. The number of benzene rings is 1. The topological polar surface area (TPSA) is 75.7 Å². The van der Waals surface area contributed by atoms with Crippen molar-refractivity contribution in [2.75, 3.05) is 19.7 Å².